The highest BCUT2D eigenvalue weighted by Crippen LogP contribution is 2.12. The second kappa shape index (κ2) is 5.23. The van der Waals surface area contributed by atoms with Gasteiger partial charge in [-0.2, -0.15) is 4.52 Å². The molecule has 2 N–H and O–H groups in total. The minimum absolute atomic E-state index is 0.358. The lowest BCUT2D eigenvalue weighted by Crippen LogP contribution is -2.35. The molecular formula is C10H16N6O2. The maximum atomic E-state index is 10.1. The lowest BCUT2D eigenvalue weighted by Gasteiger charge is -2.23. The number of aromatic nitrogens is 5. The van der Waals surface area contributed by atoms with Crippen molar-refractivity contribution in [3.05, 3.63) is 12.4 Å². The quantitative estimate of drug-likeness (QED) is 0.729. The van der Waals surface area contributed by atoms with E-state index in [0.29, 0.717) is 31.0 Å². The first-order chi connectivity index (χ1) is 8.62. The van der Waals surface area contributed by atoms with Crippen LogP contribution in [0.25, 0.3) is 5.65 Å². The first kappa shape index (κ1) is 12.7. The number of hydrogen-bond acceptors (Lipinski definition) is 7. The largest absolute Gasteiger partial charge is 0.388 e. The van der Waals surface area contributed by atoms with Crippen LogP contribution in [0.2, 0.25) is 0 Å². The molecule has 1 unspecified atom stereocenters. The Labute approximate surface area is 104 Å². The van der Waals surface area contributed by atoms with Gasteiger partial charge in [-0.1, -0.05) is 0 Å². The lowest BCUT2D eigenvalue weighted by atomic mass is 10.0. The van der Waals surface area contributed by atoms with Gasteiger partial charge in [-0.25, -0.2) is 0 Å². The highest BCUT2D eigenvalue weighted by molar-refractivity contribution is 5.43. The summed E-state index contributed by atoms with van der Waals surface area (Å²) in [6.07, 6.45) is 3.71. The molecule has 2 rings (SSSR count). The Morgan fingerprint density at radius 1 is 1.50 bits per heavy atom. The Morgan fingerprint density at radius 2 is 2.33 bits per heavy atom. The van der Waals surface area contributed by atoms with E-state index in [1.165, 1.54) is 4.52 Å². The smallest absolute Gasteiger partial charge is 0.199 e. The number of hydrogen-bond donors (Lipinski definition) is 2. The molecule has 8 nitrogen and oxygen atoms in total. The van der Waals surface area contributed by atoms with Crippen LogP contribution in [0, 0.1) is 0 Å². The van der Waals surface area contributed by atoms with Crippen molar-refractivity contribution < 1.29 is 9.84 Å². The van der Waals surface area contributed by atoms with Gasteiger partial charge in [0, 0.05) is 26.7 Å². The molecule has 8 heteroatoms. The summed E-state index contributed by atoms with van der Waals surface area (Å²) < 4.78 is 6.48. The van der Waals surface area contributed by atoms with Gasteiger partial charge in [0.05, 0.1) is 18.0 Å². The monoisotopic (exact) mass is 252 g/mol. The Hall–Kier alpha value is -1.80. The second-order valence-electron chi connectivity index (χ2n) is 4.33. The van der Waals surface area contributed by atoms with Crippen molar-refractivity contribution in [3.8, 4) is 0 Å². The van der Waals surface area contributed by atoms with Gasteiger partial charge in [-0.15, -0.1) is 5.10 Å². The summed E-state index contributed by atoms with van der Waals surface area (Å²) in [5, 5.41) is 24.4. The Balaban J connectivity index is 2.03. The van der Waals surface area contributed by atoms with Crippen molar-refractivity contribution in [1.29, 1.82) is 0 Å². The van der Waals surface area contributed by atoms with Gasteiger partial charge < -0.3 is 15.2 Å². The second-order valence-corrected chi connectivity index (χ2v) is 4.33. The van der Waals surface area contributed by atoms with E-state index in [1.54, 1.807) is 26.4 Å². The molecule has 0 bridgehead atoms. The maximum Gasteiger partial charge on any atom is 0.199 e. The van der Waals surface area contributed by atoms with Gasteiger partial charge in [0.2, 0.25) is 0 Å². The topological polar surface area (TPSA) is 97.5 Å². The number of anilines is 1. The molecule has 1 atom stereocenters. The lowest BCUT2D eigenvalue weighted by molar-refractivity contribution is 0.0356. The van der Waals surface area contributed by atoms with Crippen LogP contribution in [0.5, 0.6) is 0 Å². The Kier molecular flexibility index (Phi) is 3.68. The van der Waals surface area contributed by atoms with Gasteiger partial charge in [0.25, 0.3) is 0 Å². The van der Waals surface area contributed by atoms with Crippen molar-refractivity contribution in [2.24, 2.45) is 0 Å². The number of aliphatic hydroxyl groups is 1. The molecule has 0 aliphatic rings. The molecule has 2 aromatic heterocycles. The number of methoxy groups -OCH3 is 1. The minimum Gasteiger partial charge on any atom is -0.388 e. The number of nitrogens with zero attached hydrogens (tertiary/aromatic N) is 5. The fourth-order valence-corrected chi connectivity index (χ4v) is 1.49. The van der Waals surface area contributed by atoms with Crippen molar-refractivity contribution in [2.75, 3.05) is 25.6 Å². The number of rotatable bonds is 6. The molecule has 0 radical (unpaired) electrons. The molecule has 0 saturated heterocycles. The third-order valence-corrected chi connectivity index (χ3v) is 2.60. The maximum absolute atomic E-state index is 10.1. The van der Waals surface area contributed by atoms with E-state index in [0.717, 1.165) is 0 Å². The molecule has 2 heterocycles. The molecule has 0 saturated carbocycles. The fraction of sp³-hybridized carbons (Fsp3) is 0.600. The fourth-order valence-electron chi connectivity index (χ4n) is 1.49. The van der Waals surface area contributed by atoms with E-state index in [4.69, 9.17) is 4.74 Å². The van der Waals surface area contributed by atoms with Crippen LogP contribution in [-0.4, -0.2) is 56.0 Å². The van der Waals surface area contributed by atoms with E-state index in [1.807, 2.05) is 0 Å². The molecule has 18 heavy (non-hydrogen) atoms. The highest BCUT2D eigenvalue weighted by atomic mass is 16.5. The Morgan fingerprint density at radius 3 is 3.11 bits per heavy atom. The number of ether oxygens (including phenoxy) is 1. The predicted molar refractivity (Wildman–Crippen MR) is 64.2 cm³/mol. The highest BCUT2D eigenvalue weighted by Gasteiger charge is 2.20. The molecule has 0 spiro atoms. The summed E-state index contributed by atoms with van der Waals surface area (Å²) in [4.78, 5) is 4.02. The first-order valence-electron chi connectivity index (χ1n) is 5.60. The zero-order chi connectivity index (χ0) is 13.0. The summed E-state index contributed by atoms with van der Waals surface area (Å²) in [6, 6.07) is 0. The predicted octanol–water partition coefficient (Wildman–Crippen LogP) is -0.281. The van der Waals surface area contributed by atoms with Crippen LogP contribution >= 0.6 is 0 Å². The van der Waals surface area contributed by atoms with E-state index in [2.05, 4.69) is 25.8 Å². The van der Waals surface area contributed by atoms with Gasteiger partial charge in [0.15, 0.2) is 11.5 Å². The van der Waals surface area contributed by atoms with Crippen LogP contribution in [0.3, 0.4) is 0 Å². The third-order valence-electron chi connectivity index (χ3n) is 2.60. The molecule has 98 valence electrons. The van der Waals surface area contributed by atoms with Gasteiger partial charge in [-0.05, 0) is 17.4 Å². The molecular weight excluding hydrogens is 236 g/mol. The van der Waals surface area contributed by atoms with Gasteiger partial charge >= 0.3 is 0 Å². The standard InChI is InChI=1S/C10H16N6O2/c1-10(17,3-4-18-2)7-12-8-5-11-6-9-13-14-15-16(8)9/h5-6,12,17H,3-4,7H2,1-2H3. The number of tetrazole rings is 1. The third kappa shape index (κ3) is 2.90. The van der Waals surface area contributed by atoms with E-state index in [9.17, 15) is 5.11 Å². The molecule has 0 aliphatic carbocycles. The summed E-state index contributed by atoms with van der Waals surface area (Å²) in [7, 11) is 1.61. The van der Waals surface area contributed by atoms with Gasteiger partial charge in [-0.3, -0.25) is 4.98 Å². The summed E-state index contributed by atoms with van der Waals surface area (Å²) >= 11 is 0. The number of fused-ring (bicyclic) bond motifs is 1. The van der Waals surface area contributed by atoms with Crippen molar-refractivity contribution in [3.63, 3.8) is 0 Å². The minimum atomic E-state index is -0.869. The molecule has 0 fully saturated rings. The van der Waals surface area contributed by atoms with Crippen molar-refractivity contribution >= 4 is 11.5 Å². The Bertz CT molecular complexity index is 512. The first-order valence-corrected chi connectivity index (χ1v) is 5.60. The number of nitrogens with one attached hydrogen (secondary N) is 1. The summed E-state index contributed by atoms with van der Waals surface area (Å²) in [5.41, 5.74) is -0.317. The zero-order valence-electron chi connectivity index (χ0n) is 10.4. The van der Waals surface area contributed by atoms with Crippen LogP contribution in [-0.2, 0) is 4.74 Å². The molecule has 0 aliphatic heterocycles. The average molecular weight is 252 g/mol. The van der Waals surface area contributed by atoms with E-state index in [-0.39, 0.29) is 0 Å². The molecule has 0 aromatic carbocycles. The summed E-state index contributed by atoms with van der Waals surface area (Å²) in [5.74, 6) is 0.634. The van der Waals surface area contributed by atoms with Gasteiger partial charge in [0.1, 0.15) is 0 Å². The van der Waals surface area contributed by atoms with Crippen molar-refractivity contribution in [2.45, 2.75) is 18.9 Å². The molecule has 2 aromatic rings. The SMILES string of the molecule is COCCC(C)(O)CNc1cncc2nnnn12. The normalized spacial score (nSPS) is 14.6. The zero-order valence-corrected chi connectivity index (χ0v) is 10.4. The van der Waals surface area contributed by atoms with Crippen LogP contribution in [0.4, 0.5) is 5.82 Å². The average Bonchev–Trinajstić information content (AvgIpc) is 2.82. The van der Waals surface area contributed by atoms with Crippen LogP contribution < -0.4 is 5.32 Å². The van der Waals surface area contributed by atoms with E-state index < -0.39 is 5.60 Å². The van der Waals surface area contributed by atoms with Crippen molar-refractivity contribution in [1.82, 2.24) is 25.0 Å². The van der Waals surface area contributed by atoms with Crippen LogP contribution in [0.15, 0.2) is 12.4 Å². The van der Waals surface area contributed by atoms with Crippen LogP contribution in [0.1, 0.15) is 13.3 Å². The molecule has 0 amide bonds. The van der Waals surface area contributed by atoms with E-state index >= 15 is 0 Å². The summed E-state index contributed by atoms with van der Waals surface area (Å²) in [6.45, 7) is 2.60.